The van der Waals surface area contributed by atoms with Gasteiger partial charge in [0.1, 0.15) is 18.3 Å². The molecule has 2 aromatic heterocycles. The van der Waals surface area contributed by atoms with E-state index >= 15 is 0 Å². The van der Waals surface area contributed by atoms with Crippen LogP contribution in [0, 0.1) is 0 Å². The number of carbonyl (C=O) groups excluding carboxylic acids is 1. The highest BCUT2D eigenvalue weighted by Crippen LogP contribution is 2.33. The van der Waals surface area contributed by atoms with E-state index in [1.165, 1.54) is 10.9 Å². The zero-order valence-corrected chi connectivity index (χ0v) is 29.4. The van der Waals surface area contributed by atoms with Gasteiger partial charge in [0.15, 0.2) is 29.0 Å². The molecule has 6 N–H and O–H groups in total. The third-order valence-electron chi connectivity index (χ3n) is 8.62. The molecule has 0 bridgehead atoms. The van der Waals surface area contributed by atoms with Gasteiger partial charge in [-0.1, -0.05) is 47.5 Å². The third-order valence-corrected chi connectivity index (χ3v) is 9.09. The van der Waals surface area contributed by atoms with Crippen molar-refractivity contribution in [3.63, 3.8) is 0 Å². The second-order valence-electron chi connectivity index (χ2n) is 12.6. The Labute approximate surface area is 295 Å². The van der Waals surface area contributed by atoms with Gasteiger partial charge in [0, 0.05) is 47.7 Å². The molecule has 1 fully saturated rings. The van der Waals surface area contributed by atoms with E-state index in [0.29, 0.717) is 58.7 Å². The number of anilines is 1. The quantitative estimate of drug-likeness (QED) is 0.113. The number of amides is 2. The number of ether oxygens (including phenoxy) is 1. The van der Waals surface area contributed by atoms with Crippen LogP contribution in [0.3, 0.4) is 0 Å². The number of aliphatic hydroxyl groups is 3. The van der Waals surface area contributed by atoms with Crippen molar-refractivity contribution in [1.82, 2.24) is 35.1 Å². The molecule has 264 valence electrons. The second kappa shape index (κ2) is 16.4. The average molecular weight is 716 g/mol. The van der Waals surface area contributed by atoms with E-state index in [4.69, 9.17) is 32.9 Å². The van der Waals surface area contributed by atoms with Crippen molar-refractivity contribution in [2.24, 2.45) is 0 Å². The van der Waals surface area contributed by atoms with E-state index in [1.807, 2.05) is 48.5 Å². The van der Waals surface area contributed by atoms with Gasteiger partial charge in [0.2, 0.25) is 0 Å². The number of carbonyl (C=O) groups is 1. The fraction of sp³-hybridized carbons (Fsp3) is 0.471. The van der Waals surface area contributed by atoms with Crippen LogP contribution in [0.5, 0.6) is 0 Å². The number of urea groups is 1. The average Bonchev–Trinajstić information content (AvgIpc) is 3.61. The van der Waals surface area contributed by atoms with Crippen LogP contribution < -0.4 is 16.0 Å². The SMILES string of the molecule is CC(C)N(CCNC(=O)NCc1nc(NCC(c2cccc(Cl)c2)c2cccc(Cl)c2)c2ncn(C3O[C@H](CO)[C@@H](O)[C@H]3O)c2n1)C(C)C. The van der Waals surface area contributed by atoms with Gasteiger partial charge in [-0.15, -0.1) is 0 Å². The van der Waals surface area contributed by atoms with Crippen molar-refractivity contribution in [2.45, 2.75) is 76.8 Å². The number of aromatic nitrogens is 4. The van der Waals surface area contributed by atoms with Gasteiger partial charge < -0.3 is 36.0 Å². The number of imidazole rings is 1. The molecule has 0 radical (unpaired) electrons. The van der Waals surface area contributed by atoms with Crippen molar-refractivity contribution < 1.29 is 24.9 Å². The molecule has 3 heterocycles. The number of aliphatic hydroxyl groups excluding tert-OH is 3. The number of hydrogen-bond acceptors (Lipinski definition) is 10. The fourth-order valence-corrected chi connectivity index (χ4v) is 6.56. The molecule has 15 heteroatoms. The lowest BCUT2D eigenvalue weighted by Crippen LogP contribution is -2.44. The Morgan fingerprint density at radius 1 is 0.980 bits per heavy atom. The van der Waals surface area contributed by atoms with Gasteiger partial charge >= 0.3 is 6.03 Å². The van der Waals surface area contributed by atoms with Crippen LogP contribution in [-0.4, -0.2) is 102 Å². The highest BCUT2D eigenvalue weighted by molar-refractivity contribution is 6.31. The number of benzene rings is 2. The topological polar surface area (TPSA) is 170 Å². The van der Waals surface area contributed by atoms with E-state index in [9.17, 15) is 20.1 Å². The molecule has 0 spiro atoms. The molecule has 1 aliphatic heterocycles. The Balaban J connectivity index is 1.42. The Morgan fingerprint density at radius 2 is 1.63 bits per heavy atom. The van der Waals surface area contributed by atoms with Gasteiger partial charge in [-0.25, -0.2) is 19.7 Å². The molecular weight excluding hydrogens is 671 g/mol. The number of rotatable bonds is 14. The standard InChI is InChI=1S/C34H44Cl2N8O5/c1-19(2)43(20(3)4)12-11-37-34(48)39-16-27-41-31(28-32(42-27)44(18-40-28)33-30(47)29(46)26(17-45)49-33)38-15-25(21-7-5-9-23(35)13-21)22-8-6-10-24(36)14-22/h5-10,13-14,18-20,25-26,29-30,33,45-47H,11-12,15-17H2,1-4H3,(H2,37,39,48)(H,38,41,42)/t26-,29-,30-,33?/m1/s1. The second-order valence-corrected chi connectivity index (χ2v) is 13.5. The first-order valence-electron chi connectivity index (χ1n) is 16.3. The third kappa shape index (κ3) is 8.79. The summed E-state index contributed by atoms with van der Waals surface area (Å²) in [6.45, 7) is 9.52. The van der Waals surface area contributed by atoms with Crippen LogP contribution in [0.15, 0.2) is 54.9 Å². The van der Waals surface area contributed by atoms with Crippen LogP contribution >= 0.6 is 23.2 Å². The summed E-state index contributed by atoms with van der Waals surface area (Å²) >= 11 is 12.8. The molecule has 2 aromatic carbocycles. The maximum atomic E-state index is 12.8. The van der Waals surface area contributed by atoms with Crippen molar-refractivity contribution in [1.29, 1.82) is 0 Å². The van der Waals surface area contributed by atoms with Gasteiger partial charge in [0.25, 0.3) is 0 Å². The smallest absolute Gasteiger partial charge is 0.315 e. The first-order chi connectivity index (χ1) is 23.5. The molecule has 49 heavy (non-hydrogen) atoms. The number of nitrogens with one attached hydrogen (secondary N) is 3. The Hall–Kier alpha value is -3.56. The normalized spacial score (nSPS) is 19.4. The largest absolute Gasteiger partial charge is 0.394 e. The summed E-state index contributed by atoms with van der Waals surface area (Å²) < 4.78 is 7.28. The van der Waals surface area contributed by atoms with Crippen molar-refractivity contribution in [2.75, 3.05) is 31.6 Å². The van der Waals surface area contributed by atoms with Crippen molar-refractivity contribution in [3.05, 3.63) is 81.9 Å². The fourth-order valence-electron chi connectivity index (χ4n) is 6.17. The maximum absolute atomic E-state index is 12.8. The Morgan fingerprint density at radius 3 is 2.20 bits per heavy atom. The molecule has 0 aliphatic carbocycles. The van der Waals surface area contributed by atoms with Crippen LogP contribution in [0.4, 0.5) is 10.6 Å². The minimum absolute atomic E-state index is 0.0122. The number of halogens is 2. The lowest BCUT2D eigenvalue weighted by molar-refractivity contribution is -0.0511. The zero-order chi connectivity index (χ0) is 35.2. The van der Waals surface area contributed by atoms with Crippen LogP contribution in [0.1, 0.15) is 56.8 Å². The summed E-state index contributed by atoms with van der Waals surface area (Å²) in [7, 11) is 0. The molecule has 4 atom stereocenters. The Kier molecular flexibility index (Phi) is 12.3. The van der Waals surface area contributed by atoms with E-state index in [1.54, 1.807) is 0 Å². The molecule has 1 saturated heterocycles. The van der Waals surface area contributed by atoms with E-state index in [-0.39, 0.29) is 24.3 Å². The van der Waals surface area contributed by atoms with Gasteiger partial charge in [-0.2, -0.15) is 0 Å². The molecule has 1 aliphatic rings. The molecule has 4 aromatic rings. The summed E-state index contributed by atoms with van der Waals surface area (Å²) in [6, 6.07) is 15.5. The van der Waals surface area contributed by atoms with Crippen molar-refractivity contribution >= 4 is 46.2 Å². The lowest BCUT2D eigenvalue weighted by atomic mass is 9.91. The number of fused-ring (bicyclic) bond motifs is 1. The monoisotopic (exact) mass is 714 g/mol. The Bertz CT molecular complexity index is 1670. The molecule has 5 rings (SSSR count). The van der Waals surface area contributed by atoms with Gasteiger partial charge in [0.05, 0.1) is 19.5 Å². The summed E-state index contributed by atoms with van der Waals surface area (Å²) in [6.07, 6.45) is -3.27. The summed E-state index contributed by atoms with van der Waals surface area (Å²) in [4.78, 5) is 29.0. The minimum Gasteiger partial charge on any atom is -0.394 e. The molecule has 13 nitrogen and oxygen atoms in total. The highest BCUT2D eigenvalue weighted by atomic mass is 35.5. The zero-order valence-electron chi connectivity index (χ0n) is 27.9. The predicted molar refractivity (Wildman–Crippen MR) is 189 cm³/mol. The molecule has 0 saturated carbocycles. The van der Waals surface area contributed by atoms with Crippen LogP contribution in [0.2, 0.25) is 10.0 Å². The summed E-state index contributed by atoms with van der Waals surface area (Å²) in [5.74, 6) is 0.464. The highest BCUT2D eigenvalue weighted by Gasteiger charge is 2.44. The van der Waals surface area contributed by atoms with Gasteiger partial charge in [-0.3, -0.25) is 9.47 Å². The minimum atomic E-state index is -1.35. The van der Waals surface area contributed by atoms with Crippen LogP contribution in [0.25, 0.3) is 11.2 Å². The molecule has 1 unspecified atom stereocenters. The lowest BCUT2D eigenvalue weighted by Gasteiger charge is -2.30. The van der Waals surface area contributed by atoms with Gasteiger partial charge in [-0.05, 0) is 63.1 Å². The predicted octanol–water partition coefficient (Wildman–Crippen LogP) is 3.91. The number of hydrogen-bond donors (Lipinski definition) is 6. The van der Waals surface area contributed by atoms with E-state index in [2.05, 4.69) is 58.5 Å². The number of nitrogens with zero attached hydrogens (tertiary/aromatic N) is 5. The van der Waals surface area contributed by atoms with Crippen molar-refractivity contribution in [3.8, 4) is 0 Å². The first kappa shape index (κ1) is 36.7. The maximum Gasteiger partial charge on any atom is 0.315 e. The summed E-state index contributed by atoms with van der Waals surface area (Å²) in [5, 5.41) is 41.2. The van der Waals surface area contributed by atoms with E-state index in [0.717, 1.165) is 11.1 Å². The summed E-state index contributed by atoms with van der Waals surface area (Å²) in [5.41, 5.74) is 2.59. The first-order valence-corrected chi connectivity index (χ1v) is 17.1. The van der Waals surface area contributed by atoms with E-state index < -0.39 is 31.1 Å². The molecular formula is C34H44Cl2N8O5. The van der Waals surface area contributed by atoms with Crippen LogP contribution in [-0.2, 0) is 11.3 Å². The molecule has 2 amide bonds.